The molecule has 2 amide bonds. The molecule has 2 rings (SSSR count). The van der Waals surface area contributed by atoms with E-state index in [2.05, 4.69) is 17.6 Å². The molecule has 0 unspecified atom stereocenters. The van der Waals surface area contributed by atoms with Gasteiger partial charge in [0.2, 0.25) is 0 Å². The average molecular weight is 370 g/mol. The van der Waals surface area contributed by atoms with Crippen LogP contribution in [0.15, 0.2) is 48.5 Å². The molecule has 0 saturated heterocycles. The van der Waals surface area contributed by atoms with E-state index in [9.17, 15) is 9.59 Å². The normalized spacial score (nSPS) is 10.3. The Labute approximate surface area is 159 Å². The Bertz CT molecular complexity index is 727. The standard InChI is InChI=1S/C21H26N2O4/c1-3-16-5-11-19(12-6-16)27-15-20(24)23-18-9-7-17(8-10-18)21(25)22-13-4-14-26-2/h5-12H,3-4,13-15H2,1-2H3,(H,22,25)(H,23,24). The highest BCUT2D eigenvalue weighted by atomic mass is 16.5. The SMILES string of the molecule is CCc1ccc(OCC(=O)Nc2ccc(C(=O)NCCCOC)cc2)cc1. The maximum Gasteiger partial charge on any atom is 0.262 e. The minimum absolute atomic E-state index is 0.0762. The van der Waals surface area contributed by atoms with Crippen LogP contribution >= 0.6 is 0 Å². The van der Waals surface area contributed by atoms with E-state index in [-0.39, 0.29) is 18.4 Å². The lowest BCUT2D eigenvalue weighted by Crippen LogP contribution is -2.25. The maximum atomic E-state index is 12.0. The number of methoxy groups -OCH3 is 1. The molecule has 0 spiro atoms. The van der Waals surface area contributed by atoms with Crippen molar-refractivity contribution in [2.24, 2.45) is 0 Å². The third-order valence-corrected chi connectivity index (χ3v) is 3.94. The van der Waals surface area contributed by atoms with Crippen molar-refractivity contribution in [3.05, 3.63) is 59.7 Å². The van der Waals surface area contributed by atoms with Crippen LogP contribution in [-0.2, 0) is 16.0 Å². The first-order chi connectivity index (χ1) is 13.1. The van der Waals surface area contributed by atoms with Gasteiger partial charge in [-0.05, 0) is 54.8 Å². The summed E-state index contributed by atoms with van der Waals surface area (Å²) in [4.78, 5) is 24.0. The van der Waals surface area contributed by atoms with Crippen LogP contribution in [0.2, 0.25) is 0 Å². The summed E-state index contributed by atoms with van der Waals surface area (Å²) in [5.74, 6) is 0.247. The van der Waals surface area contributed by atoms with Crippen molar-refractivity contribution in [1.82, 2.24) is 5.32 Å². The van der Waals surface area contributed by atoms with E-state index >= 15 is 0 Å². The molecule has 6 heteroatoms. The van der Waals surface area contributed by atoms with Crippen molar-refractivity contribution in [2.75, 3.05) is 32.2 Å². The molecular formula is C21H26N2O4. The number of hydrogen-bond donors (Lipinski definition) is 2. The van der Waals surface area contributed by atoms with Gasteiger partial charge in [-0.3, -0.25) is 9.59 Å². The molecule has 144 valence electrons. The molecule has 0 aromatic heterocycles. The number of anilines is 1. The number of rotatable bonds is 10. The van der Waals surface area contributed by atoms with Crippen LogP contribution in [0.3, 0.4) is 0 Å². The number of ether oxygens (including phenoxy) is 2. The fourth-order valence-electron chi connectivity index (χ4n) is 2.39. The predicted molar refractivity (Wildman–Crippen MR) is 105 cm³/mol. The third-order valence-electron chi connectivity index (χ3n) is 3.94. The molecule has 2 aromatic rings. The first-order valence-electron chi connectivity index (χ1n) is 9.01. The number of carbonyl (C=O) groups is 2. The van der Waals surface area contributed by atoms with Gasteiger partial charge in [0.25, 0.3) is 11.8 Å². The largest absolute Gasteiger partial charge is 0.484 e. The molecule has 0 aliphatic carbocycles. The van der Waals surface area contributed by atoms with Crippen LogP contribution in [0, 0.1) is 0 Å². The lowest BCUT2D eigenvalue weighted by Gasteiger charge is -2.09. The second-order valence-electron chi connectivity index (χ2n) is 6.01. The molecule has 27 heavy (non-hydrogen) atoms. The smallest absolute Gasteiger partial charge is 0.262 e. The lowest BCUT2D eigenvalue weighted by molar-refractivity contribution is -0.118. The fourth-order valence-corrected chi connectivity index (χ4v) is 2.39. The van der Waals surface area contributed by atoms with Gasteiger partial charge in [0.1, 0.15) is 5.75 Å². The monoisotopic (exact) mass is 370 g/mol. The molecule has 2 N–H and O–H groups in total. The van der Waals surface area contributed by atoms with Gasteiger partial charge >= 0.3 is 0 Å². The third kappa shape index (κ3) is 7.11. The molecule has 2 aromatic carbocycles. The Morgan fingerprint density at radius 1 is 1.00 bits per heavy atom. The number of carbonyl (C=O) groups excluding carboxylic acids is 2. The Kier molecular flexibility index (Phi) is 8.32. The number of aryl methyl sites for hydroxylation is 1. The van der Waals surface area contributed by atoms with Gasteiger partial charge in [0.05, 0.1) is 0 Å². The average Bonchev–Trinajstić information content (AvgIpc) is 2.70. The van der Waals surface area contributed by atoms with Crippen molar-refractivity contribution < 1.29 is 19.1 Å². The quantitative estimate of drug-likeness (QED) is 0.630. The number of nitrogens with one attached hydrogen (secondary N) is 2. The molecule has 6 nitrogen and oxygen atoms in total. The highest BCUT2D eigenvalue weighted by Crippen LogP contribution is 2.13. The van der Waals surface area contributed by atoms with Gasteiger partial charge in [-0.25, -0.2) is 0 Å². The van der Waals surface area contributed by atoms with Gasteiger partial charge in [-0.2, -0.15) is 0 Å². The Morgan fingerprint density at radius 2 is 1.70 bits per heavy atom. The molecule has 0 aliphatic rings. The fraction of sp³-hybridized carbons (Fsp3) is 0.333. The summed E-state index contributed by atoms with van der Waals surface area (Å²) in [5, 5.41) is 5.56. The van der Waals surface area contributed by atoms with Gasteiger partial charge in [-0.15, -0.1) is 0 Å². The number of hydrogen-bond acceptors (Lipinski definition) is 4. The Morgan fingerprint density at radius 3 is 2.33 bits per heavy atom. The molecule has 0 heterocycles. The second kappa shape index (κ2) is 11.0. The van der Waals surface area contributed by atoms with Crippen molar-refractivity contribution >= 4 is 17.5 Å². The van der Waals surface area contributed by atoms with E-state index in [0.29, 0.717) is 30.2 Å². The summed E-state index contributed by atoms with van der Waals surface area (Å²) >= 11 is 0. The van der Waals surface area contributed by atoms with Crippen LogP contribution in [0.5, 0.6) is 5.75 Å². The van der Waals surface area contributed by atoms with E-state index in [1.807, 2.05) is 24.3 Å². The zero-order chi connectivity index (χ0) is 19.5. The van der Waals surface area contributed by atoms with Gasteiger partial charge < -0.3 is 20.1 Å². The van der Waals surface area contributed by atoms with E-state index in [1.54, 1.807) is 31.4 Å². The van der Waals surface area contributed by atoms with Gasteiger partial charge in [0, 0.05) is 31.5 Å². The summed E-state index contributed by atoms with van der Waals surface area (Å²) < 4.78 is 10.4. The van der Waals surface area contributed by atoms with E-state index in [4.69, 9.17) is 9.47 Å². The summed E-state index contributed by atoms with van der Waals surface area (Å²) in [7, 11) is 1.63. The first-order valence-corrected chi connectivity index (χ1v) is 9.01. The summed E-state index contributed by atoms with van der Waals surface area (Å²) in [6.45, 7) is 3.17. The minimum Gasteiger partial charge on any atom is -0.484 e. The van der Waals surface area contributed by atoms with Crippen molar-refractivity contribution in [1.29, 1.82) is 0 Å². The minimum atomic E-state index is -0.258. The zero-order valence-electron chi connectivity index (χ0n) is 15.8. The van der Waals surface area contributed by atoms with Crippen LogP contribution in [0.4, 0.5) is 5.69 Å². The second-order valence-corrected chi connectivity index (χ2v) is 6.01. The number of benzene rings is 2. The first kappa shape index (κ1) is 20.5. The summed E-state index contributed by atoms with van der Waals surface area (Å²) in [6, 6.07) is 14.4. The van der Waals surface area contributed by atoms with Gasteiger partial charge in [-0.1, -0.05) is 19.1 Å². The molecular weight excluding hydrogens is 344 g/mol. The molecule has 0 saturated carbocycles. The van der Waals surface area contributed by atoms with E-state index in [0.717, 1.165) is 12.8 Å². The Balaban J connectivity index is 1.77. The topological polar surface area (TPSA) is 76.7 Å². The van der Waals surface area contributed by atoms with Crippen LogP contribution in [0.1, 0.15) is 29.3 Å². The zero-order valence-corrected chi connectivity index (χ0v) is 15.8. The van der Waals surface area contributed by atoms with Crippen LogP contribution in [-0.4, -0.2) is 38.7 Å². The van der Waals surface area contributed by atoms with Crippen LogP contribution < -0.4 is 15.4 Å². The highest BCUT2D eigenvalue weighted by Gasteiger charge is 2.07. The van der Waals surface area contributed by atoms with Crippen molar-refractivity contribution in [2.45, 2.75) is 19.8 Å². The summed E-state index contributed by atoms with van der Waals surface area (Å²) in [6.07, 6.45) is 1.72. The number of amides is 2. The molecule has 0 atom stereocenters. The molecule has 0 radical (unpaired) electrons. The van der Waals surface area contributed by atoms with E-state index < -0.39 is 0 Å². The molecule has 0 fully saturated rings. The Hall–Kier alpha value is -2.86. The van der Waals surface area contributed by atoms with Crippen molar-refractivity contribution in [3.63, 3.8) is 0 Å². The molecule has 0 bridgehead atoms. The van der Waals surface area contributed by atoms with Crippen LogP contribution in [0.25, 0.3) is 0 Å². The van der Waals surface area contributed by atoms with Gasteiger partial charge in [0.15, 0.2) is 6.61 Å². The summed E-state index contributed by atoms with van der Waals surface area (Å²) in [5.41, 5.74) is 2.37. The van der Waals surface area contributed by atoms with Crippen molar-refractivity contribution in [3.8, 4) is 5.75 Å². The van der Waals surface area contributed by atoms with E-state index in [1.165, 1.54) is 5.56 Å². The molecule has 0 aliphatic heterocycles. The maximum absolute atomic E-state index is 12.0. The highest BCUT2D eigenvalue weighted by molar-refractivity contribution is 5.96. The lowest BCUT2D eigenvalue weighted by atomic mass is 10.2. The predicted octanol–water partition coefficient (Wildman–Crippen LogP) is 3.03.